The number of hydrogen-bond acceptors (Lipinski definition) is 6. The number of hydrogen-bond donors (Lipinski definition) is 1. The van der Waals surface area contributed by atoms with Gasteiger partial charge < -0.3 is 5.32 Å². The highest BCUT2D eigenvalue weighted by molar-refractivity contribution is 8.15. The lowest BCUT2D eigenvalue weighted by molar-refractivity contribution is -0.107. The number of carbonyl (C=O) groups is 2. The second kappa shape index (κ2) is 10.5. The number of aryl methyl sites for hydroxylation is 2. The van der Waals surface area contributed by atoms with Gasteiger partial charge in [-0.3, -0.25) is 9.59 Å². The first-order valence-electron chi connectivity index (χ1n) is 10.8. The molecule has 3 aliphatic heterocycles. The van der Waals surface area contributed by atoms with Crippen molar-refractivity contribution in [3.8, 4) is 0 Å². The number of rotatable bonds is 0. The first-order chi connectivity index (χ1) is 14.2. The zero-order valence-electron chi connectivity index (χ0n) is 16.8. The van der Waals surface area contributed by atoms with Crippen molar-refractivity contribution in [3.63, 3.8) is 0 Å². The van der Waals surface area contributed by atoms with Crippen molar-refractivity contribution >= 4 is 45.1 Å². The third-order valence-electron chi connectivity index (χ3n) is 5.98. The number of fused-ring (bicyclic) bond motifs is 3. The Bertz CT molecular complexity index is 746. The summed E-state index contributed by atoms with van der Waals surface area (Å²) in [4.78, 5) is 23.4. The van der Waals surface area contributed by atoms with E-state index in [4.69, 9.17) is 0 Å². The smallest absolute Gasteiger partial charge is 0.212 e. The molecule has 6 heteroatoms. The van der Waals surface area contributed by atoms with E-state index >= 15 is 0 Å². The van der Waals surface area contributed by atoms with Crippen molar-refractivity contribution in [1.82, 2.24) is 5.32 Å². The Morgan fingerprint density at radius 2 is 1.55 bits per heavy atom. The van der Waals surface area contributed by atoms with Gasteiger partial charge in [-0.25, -0.2) is 0 Å². The molecule has 0 amide bonds. The number of thioether (sulfide) groups is 2. The van der Waals surface area contributed by atoms with E-state index in [9.17, 15) is 9.59 Å². The average Bonchev–Trinajstić information content (AvgIpc) is 3.44. The molecule has 2 atom stereocenters. The summed E-state index contributed by atoms with van der Waals surface area (Å²) in [5.41, 5.74) is 4.31. The predicted octanol–water partition coefficient (Wildman–Crippen LogP) is 5.30. The number of nitrogens with one attached hydrogen (secondary N) is 1. The highest BCUT2D eigenvalue weighted by Crippen LogP contribution is 2.38. The molecule has 4 heterocycles. The Morgan fingerprint density at radius 3 is 2.31 bits per heavy atom. The average molecular weight is 448 g/mol. The molecule has 6 rings (SSSR count). The molecule has 2 unspecified atom stereocenters. The summed E-state index contributed by atoms with van der Waals surface area (Å²) < 4.78 is 0. The van der Waals surface area contributed by atoms with Crippen molar-refractivity contribution in [2.45, 2.75) is 68.3 Å². The van der Waals surface area contributed by atoms with Gasteiger partial charge in [0.1, 0.15) is 0 Å². The molecule has 1 aromatic heterocycles. The van der Waals surface area contributed by atoms with Crippen LogP contribution in [0.25, 0.3) is 0 Å². The third kappa shape index (κ3) is 5.87. The van der Waals surface area contributed by atoms with Crippen LogP contribution in [0.5, 0.6) is 0 Å². The molecule has 0 bridgehead atoms. The maximum Gasteiger partial charge on any atom is 0.212 e. The van der Waals surface area contributed by atoms with Crippen LogP contribution in [-0.4, -0.2) is 33.8 Å². The van der Waals surface area contributed by atoms with Crippen LogP contribution in [0.2, 0.25) is 0 Å². The van der Waals surface area contributed by atoms with E-state index in [-0.39, 0.29) is 10.2 Å². The van der Waals surface area contributed by atoms with Crippen LogP contribution >= 0.6 is 34.9 Å². The zero-order chi connectivity index (χ0) is 20.1. The van der Waals surface area contributed by atoms with Gasteiger partial charge in [0.2, 0.25) is 10.2 Å². The fourth-order valence-corrected chi connectivity index (χ4v) is 7.55. The van der Waals surface area contributed by atoms with Crippen LogP contribution in [0.3, 0.4) is 0 Å². The summed E-state index contributed by atoms with van der Waals surface area (Å²) in [6.45, 7) is 1.98. The highest BCUT2D eigenvalue weighted by Gasteiger charge is 2.28. The molecule has 1 saturated heterocycles. The van der Waals surface area contributed by atoms with E-state index in [1.807, 2.05) is 17.4 Å². The number of piperidine rings is 1. The molecule has 3 nitrogen and oxygen atoms in total. The molecule has 1 aromatic rings. The molecule has 156 valence electrons. The molecule has 0 aromatic carbocycles. The lowest BCUT2D eigenvalue weighted by Gasteiger charge is -2.19. The van der Waals surface area contributed by atoms with Gasteiger partial charge in [0.05, 0.1) is 0 Å². The van der Waals surface area contributed by atoms with E-state index in [1.165, 1.54) is 86.0 Å². The van der Waals surface area contributed by atoms with Gasteiger partial charge in [-0.2, -0.15) is 0 Å². The first-order valence-corrected chi connectivity index (χ1v) is 13.4. The summed E-state index contributed by atoms with van der Waals surface area (Å²) in [5, 5.41) is 7.06. The number of thiophene rings is 1. The largest absolute Gasteiger partial charge is 0.313 e. The second-order valence-electron chi connectivity index (χ2n) is 8.08. The van der Waals surface area contributed by atoms with E-state index in [2.05, 4.69) is 16.8 Å². The minimum Gasteiger partial charge on any atom is -0.313 e. The molecule has 29 heavy (non-hydrogen) atoms. The van der Waals surface area contributed by atoms with Gasteiger partial charge in [0.15, 0.2) is 0 Å². The van der Waals surface area contributed by atoms with Gasteiger partial charge in [-0.1, -0.05) is 35.5 Å². The highest BCUT2D eigenvalue weighted by atomic mass is 32.2. The van der Waals surface area contributed by atoms with Crippen molar-refractivity contribution in [2.24, 2.45) is 0 Å². The molecule has 5 aliphatic rings. The minimum absolute atomic E-state index is 0.240. The fraction of sp³-hybridized carbons (Fsp3) is 0.565. The second-order valence-corrected chi connectivity index (χ2v) is 11.5. The normalized spacial score (nSPS) is 27.3. The van der Waals surface area contributed by atoms with E-state index in [0.717, 1.165) is 19.5 Å². The van der Waals surface area contributed by atoms with E-state index in [0.29, 0.717) is 10.5 Å². The maximum absolute atomic E-state index is 10.9. The standard InChI is InChI=1S/C8H10OS.C8H10S.C7H9NOS/c9-8-5-6-3-1-2-4-7(6)10-8;1-2-4-8-7(3-1)5-6-9-8;9-7-3-5-4-8-2-1-6(5)10-7/h5,7H,1-4H2;5-6H,1-4H2;3,6,8H,1-2,4H2. The minimum atomic E-state index is 0.240. The zero-order valence-corrected chi connectivity index (χ0v) is 19.2. The van der Waals surface area contributed by atoms with Crippen molar-refractivity contribution in [3.05, 3.63) is 45.2 Å². The predicted molar refractivity (Wildman–Crippen MR) is 126 cm³/mol. The summed E-state index contributed by atoms with van der Waals surface area (Å²) in [7, 11) is 0. The maximum atomic E-state index is 10.9. The molecule has 2 fully saturated rings. The SMILES string of the molecule is O=C1C=C2CCCCC2S1.O=C1C=C2CNCCC2S1.c1cc2c(s1)CCCC2. The molecule has 0 radical (unpaired) electrons. The summed E-state index contributed by atoms with van der Waals surface area (Å²) in [6, 6.07) is 2.28. The van der Waals surface area contributed by atoms with Crippen LogP contribution in [0, 0.1) is 0 Å². The lowest BCUT2D eigenvalue weighted by Crippen LogP contribution is -2.30. The first kappa shape index (κ1) is 21.4. The molecule has 1 N–H and O–H groups in total. The molecule has 0 spiro atoms. The monoisotopic (exact) mass is 447 g/mol. The van der Waals surface area contributed by atoms with Crippen LogP contribution in [0.1, 0.15) is 55.4 Å². The number of carbonyl (C=O) groups excluding carboxylic acids is 2. The Balaban J connectivity index is 0.000000106. The summed E-state index contributed by atoms with van der Waals surface area (Å²) >= 11 is 4.92. The Morgan fingerprint density at radius 1 is 0.828 bits per heavy atom. The van der Waals surface area contributed by atoms with E-state index in [1.54, 1.807) is 16.5 Å². The Hall–Kier alpha value is -0.820. The van der Waals surface area contributed by atoms with Gasteiger partial charge >= 0.3 is 0 Å². The quantitative estimate of drug-likeness (QED) is 0.584. The summed E-state index contributed by atoms with van der Waals surface area (Å²) in [5.74, 6) is 0. The van der Waals surface area contributed by atoms with Crippen molar-refractivity contribution < 1.29 is 9.59 Å². The molecular formula is C23H29NO2S3. The van der Waals surface area contributed by atoms with Gasteiger partial charge in [-0.15, -0.1) is 11.3 Å². The van der Waals surface area contributed by atoms with Crippen LogP contribution < -0.4 is 5.32 Å². The van der Waals surface area contributed by atoms with Crippen LogP contribution in [0.4, 0.5) is 0 Å². The van der Waals surface area contributed by atoms with Crippen molar-refractivity contribution in [2.75, 3.05) is 13.1 Å². The van der Waals surface area contributed by atoms with Crippen molar-refractivity contribution in [1.29, 1.82) is 0 Å². The van der Waals surface area contributed by atoms with Gasteiger partial charge in [0, 0.05) is 21.9 Å². The Kier molecular flexibility index (Phi) is 7.73. The van der Waals surface area contributed by atoms with E-state index < -0.39 is 0 Å². The Labute approximate surface area is 186 Å². The van der Waals surface area contributed by atoms with Gasteiger partial charge in [0.25, 0.3) is 0 Å². The topological polar surface area (TPSA) is 46.2 Å². The molecule has 2 aliphatic carbocycles. The van der Waals surface area contributed by atoms with Gasteiger partial charge in [-0.05, 0) is 92.6 Å². The van der Waals surface area contributed by atoms with Crippen LogP contribution in [0.15, 0.2) is 34.7 Å². The molecule has 1 saturated carbocycles. The third-order valence-corrected chi connectivity index (χ3v) is 9.35. The molecular weight excluding hydrogens is 418 g/mol. The van der Waals surface area contributed by atoms with Crippen LogP contribution in [-0.2, 0) is 22.4 Å². The lowest BCUT2D eigenvalue weighted by atomic mass is 9.95. The summed E-state index contributed by atoms with van der Waals surface area (Å²) in [6.07, 6.45) is 15.2. The fourth-order valence-electron chi connectivity index (χ4n) is 4.41.